The zero-order valence-corrected chi connectivity index (χ0v) is 8.73. The van der Waals surface area contributed by atoms with Crippen LogP contribution in [0.15, 0.2) is 27.5 Å². The zero-order chi connectivity index (χ0) is 7.84. The van der Waals surface area contributed by atoms with Crippen molar-refractivity contribution in [3.8, 4) is 0 Å². The van der Waals surface area contributed by atoms with Crippen molar-refractivity contribution < 1.29 is 0 Å². The molecule has 0 aliphatic rings. The van der Waals surface area contributed by atoms with E-state index in [0.717, 1.165) is 14.1 Å². The van der Waals surface area contributed by atoms with Crippen LogP contribution in [0.25, 0.3) is 9.65 Å². The fourth-order valence-corrected chi connectivity index (χ4v) is 3.24. The summed E-state index contributed by atoms with van der Waals surface area (Å²) in [5.74, 6) is 0. The number of aromatic amines is 1. The number of hydrogen-bond donors (Lipinski definition) is 1. The third-order valence-corrected chi connectivity index (χ3v) is 3.71. The first-order valence-electron chi connectivity index (χ1n) is 3.04. The molecule has 0 spiro atoms. The number of benzene rings is 1. The van der Waals surface area contributed by atoms with Crippen LogP contribution >= 0.6 is 15.9 Å². The molecule has 2 nitrogen and oxygen atoms in total. The number of aromatic nitrogens is 1. The van der Waals surface area contributed by atoms with Gasteiger partial charge < -0.3 is 0 Å². The van der Waals surface area contributed by atoms with Crippen molar-refractivity contribution in [1.82, 2.24) is 3.98 Å². The molecule has 0 atom stereocenters. The van der Waals surface area contributed by atoms with Gasteiger partial charge in [-0.1, -0.05) is 0 Å². The van der Waals surface area contributed by atoms with Crippen LogP contribution in [0.5, 0.6) is 0 Å². The van der Waals surface area contributed by atoms with Crippen molar-refractivity contribution in [3.05, 3.63) is 33.0 Å². The van der Waals surface area contributed by atoms with Gasteiger partial charge in [-0.2, -0.15) is 0 Å². The van der Waals surface area contributed by atoms with E-state index in [0.29, 0.717) is 0 Å². The SMILES string of the molecule is O=c1[nH][se]c2cc(Br)ccc12. The van der Waals surface area contributed by atoms with Gasteiger partial charge in [0.15, 0.2) is 0 Å². The topological polar surface area (TPSA) is 32.9 Å². The first kappa shape index (κ1) is 7.34. The van der Waals surface area contributed by atoms with Crippen molar-refractivity contribution in [2.24, 2.45) is 0 Å². The molecule has 1 heterocycles. The molecule has 0 radical (unpaired) electrons. The van der Waals surface area contributed by atoms with Crippen molar-refractivity contribution in [2.75, 3.05) is 0 Å². The number of rotatable bonds is 0. The summed E-state index contributed by atoms with van der Waals surface area (Å²) in [4.78, 5) is 11.1. The van der Waals surface area contributed by atoms with Gasteiger partial charge >= 0.3 is 77.3 Å². The van der Waals surface area contributed by atoms with Crippen LogP contribution in [0.4, 0.5) is 0 Å². The van der Waals surface area contributed by atoms with Crippen LogP contribution in [0.1, 0.15) is 0 Å². The van der Waals surface area contributed by atoms with Gasteiger partial charge in [-0.15, -0.1) is 0 Å². The summed E-state index contributed by atoms with van der Waals surface area (Å²) >= 11 is 3.49. The van der Waals surface area contributed by atoms with E-state index >= 15 is 0 Å². The van der Waals surface area contributed by atoms with E-state index < -0.39 is 0 Å². The molecule has 2 aromatic rings. The molecule has 2 rings (SSSR count). The normalized spacial score (nSPS) is 10.6. The maximum absolute atomic E-state index is 11.1. The number of fused-ring (bicyclic) bond motifs is 1. The average molecular weight is 277 g/mol. The molecular weight excluding hydrogens is 273 g/mol. The molecule has 0 aliphatic carbocycles. The Morgan fingerprint density at radius 3 is 3.09 bits per heavy atom. The Kier molecular flexibility index (Phi) is 1.75. The van der Waals surface area contributed by atoms with Crippen LogP contribution in [0.2, 0.25) is 0 Å². The number of H-pyrrole nitrogens is 1. The summed E-state index contributed by atoms with van der Waals surface area (Å²) in [6, 6.07) is 5.73. The Hall–Kier alpha value is -0.311. The summed E-state index contributed by atoms with van der Waals surface area (Å²) < 4.78 is 4.99. The number of halogens is 1. The van der Waals surface area contributed by atoms with Gasteiger partial charge in [0, 0.05) is 0 Å². The third-order valence-electron chi connectivity index (χ3n) is 1.44. The Morgan fingerprint density at radius 1 is 1.45 bits per heavy atom. The molecule has 1 aromatic carbocycles. The van der Waals surface area contributed by atoms with E-state index in [1.54, 1.807) is 0 Å². The Bertz CT molecular complexity index is 445. The minimum absolute atomic E-state index is 0.0625. The zero-order valence-electron chi connectivity index (χ0n) is 5.43. The molecule has 56 valence electrons. The molecule has 1 N–H and O–H groups in total. The monoisotopic (exact) mass is 277 g/mol. The molecule has 11 heavy (non-hydrogen) atoms. The number of nitrogens with one attached hydrogen (secondary N) is 1. The molecule has 4 heteroatoms. The van der Waals surface area contributed by atoms with Gasteiger partial charge in [0.05, 0.1) is 0 Å². The van der Waals surface area contributed by atoms with Gasteiger partial charge in [-0.25, -0.2) is 0 Å². The summed E-state index contributed by atoms with van der Waals surface area (Å²) in [5.41, 5.74) is 0.0625. The fourth-order valence-electron chi connectivity index (χ4n) is 0.925. The van der Waals surface area contributed by atoms with E-state index in [2.05, 4.69) is 19.9 Å². The second-order valence-electron chi connectivity index (χ2n) is 2.17. The van der Waals surface area contributed by atoms with Crippen LogP contribution in [-0.2, 0) is 0 Å². The summed E-state index contributed by atoms with van der Waals surface area (Å²) in [6.07, 6.45) is 0. The fraction of sp³-hybridized carbons (Fsp3) is 0. The van der Waals surface area contributed by atoms with Crippen LogP contribution in [-0.4, -0.2) is 18.7 Å². The molecular formula is C7H4BrNOSe. The molecule has 0 unspecified atom stereocenters. The van der Waals surface area contributed by atoms with E-state index in [9.17, 15) is 4.79 Å². The Labute approximate surface area is 77.3 Å². The van der Waals surface area contributed by atoms with Gasteiger partial charge in [0.1, 0.15) is 0 Å². The molecule has 0 bridgehead atoms. The summed E-state index contributed by atoms with van der Waals surface area (Å²) in [5, 5.41) is 0.827. The molecule has 1 aromatic heterocycles. The Morgan fingerprint density at radius 2 is 2.27 bits per heavy atom. The molecule has 0 amide bonds. The van der Waals surface area contributed by atoms with E-state index in [1.165, 1.54) is 0 Å². The maximum atomic E-state index is 11.1. The van der Waals surface area contributed by atoms with Crippen molar-refractivity contribution >= 4 is 40.3 Å². The first-order chi connectivity index (χ1) is 5.27. The van der Waals surface area contributed by atoms with Crippen molar-refractivity contribution in [1.29, 1.82) is 0 Å². The average Bonchev–Trinajstić information content (AvgIpc) is 2.32. The molecule has 0 aliphatic heterocycles. The van der Waals surface area contributed by atoms with Gasteiger partial charge in [-0.05, 0) is 0 Å². The van der Waals surface area contributed by atoms with Gasteiger partial charge in [-0.3, -0.25) is 0 Å². The van der Waals surface area contributed by atoms with Gasteiger partial charge in [0.25, 0.3) is 0 Å². The van der Waals surface area contributed by atoms with E-state index in [1.807, 2.05) is 18.2 Å². The van der Waals surface area contributed by atoms with E-state index in [-0.39, 0.29) is 20.3 Å². The van der Waals surface area contributed by atoms with E-state index in [4.69, 9.17) is 0 Å². The number of hydrogen-bond acceptors (Lipinski definition) is 1. The van der Waals surface area contributed by atoms with Crippen molar-refractivity contribution in [3.63, 3.8) is 0 Å². The first-order valence-corrected chi connectivity index (χ1v) is 5.55. The van der Waals surface area contributed by atoms with Crippen molar-refractivity contribution in [2.45, 2.75) is 0 Å². The predicted molar refractivity (Wildman–Crippen MR) is 49.2 cm³/mol. The third kappa shape index (κ3) is 1.22. The molecule has 0 fully saturated rings. The van der Waals surface area contributed by atoms with Gasteiger partial charge in [0.2, 0.25) is 0 Å². The molecule has 0 saturated carbocycles. The van der Waals surface area contributed by atoms with Crippen LogP contribution in [0.3, 0.4) is 0 Å². The van der Waals surface area contributed by atoms with Crippen LogP contribution in [0, 0.1) is 0 Å². The standard InChI is InChI=1S/C7H4BrNOSe/c8-4-1-2-5-6(3-4)11-9-7(5)10/h1-3H,(H,9,10). The minimum atomic E-state index is 0.0625. The second kappa shape index (κ2) is 2.63. The second-order valence-corrected chi connectivity index (χ2v) is 4.87. The van der Waals surface area contributed by atoms with Crippen LogP contribution < -0.4 is 5.56 Å². The quantitative estimate of drug-likeness (QED) is 0.724. The summed E-state index contributed by atoms with van der Waals surface area (Å²) in [7, 11) is 0. The summed E-state index contributed by atoms with van der Waals surface area (Å²) in [6.45, 7) is 0. The predicted octanol–water partition coefficient (Wildman–Crippen LogP) is 1.35. The molecule has 0 saturated heterocycles. The Balaban J connectivity index is 2.97.